The lowest BCUT2D eigenvalue weighted by atomic mass is 10.0. The number of benzene rings is 2. The molecule has 0 bridgehead atoms. The molecule has 0 aromatic heterocycles. The lowest BCUT2D eigenvalue weighted by Gasteiger charge is -2.19. The van der Waals surface area contributed by atoms with Crippen LogP contribution in [0.1, 0.15) is 41.3 Å². The number of hydrogen-bond acceptors (Lipinski definition) is 5. The van der Waals surface area contributed by atoms with Crippen LogP contribution in [0.15, 0.2) is 60.7 Å². The number of carboxylic acid groups (broad SMARTS) is 1. The monoisotopic (exact) mass is 509 g/mol. The van der Waals surface area contributed by atoms with Crippen molar-refractivity contribution in [2.45, 2.75) is 25.4 Å². The average Bonchev–Trinajstić information content (AvgIpc) is 2.69. The molecule has 2 aromatic rings. The largest absolute Gasteiger partial charge is 0.508 e. The minimum atomic E-state index is -1.04. The molecule has 0 aliphatic heterocycles. The van der Waals surface area contributed by atoms with Crippen molar-refractivity contribution in [2.75, 3.05) is 0 Å². The average molecular weight is 509 g/mol. The van der Waals surface area contributed by atoms with E-state index < -0.39 is 24.1 Å². The van der Waals surface area contributed by atoms with Crippen molar-refractivity contribution in [1.82, 2.24) is 5.32 Å². The lowest BCUT2D eigenvalue weighted by molar-refractivity contribution is -0.131. The third-order valence-electron chi connectivity index (χ3n) is 3.93. The summed E-state index contributed by atoms with van der Waals surface area (Å²) in [6, 6.07) is 13.2. The van der Waals surface area contributed by atoms with Crippen molar-refractivity contribution in [3.63, 3.8) is 0 Å². The quantitative estimate of drug-likeness (QED) is 0.276. The number of allylic oxidation sites excluding steroid dienone is 1. The molecule has 2 amide bonds. The first-order valence-electron chi connectivity index (χ1n) is 8.81. The number of aliphatic carboxylic acids is 1. The predicted molar refractivity (Wildman–Crippen MR) is 115 cm³/mol. The van der Waals surface area contributed by atoms with Crippen molar-refractivity contribution in [3.05, 3.63) is 75.4 Å². The summed E-state index contributed by atoms with van der Waals surface area (Å²) in [5, 5.41) is 21.0. The molecule has 7 nitrogen and oxygen atoms in total. The summed E-state index contributed by atoms with van der Waals surface area (Å²) in [6.07, 6.45) is 2.14. The highest BCUT2D eigenvalue weighted by molar-refractivity contribution is 14.1. The number of phenols is 1. The van der Waals surface area contributed by atoms with E-state index in [1.165, 1.54) is 12.1 Å². The van der Waals surface area contributed by atoms with Gasteiger partial charge >= 0.3 is 12.1 Å². The lowest BCUT2D eigenvalue weighted by Crippen LogP contribution is -2.32. The number of aromatic hydroxyl groups is 1. The van der Waals surface area contributed by atoms with E-state index >= 15 is 0 Å². The molecule has 152 valence electrons. The zero-order valence-corrected chi connectivity index (χ0v) is 17.5. The molecule has 0 spiro atoms. The van der Waals surface area contributed by atoms with E-state index in [2.05, 4.69) is 27.9 Å². The molecular formula is C21H20INO6. The van der Waals surface area contributed by atoms with E-state index in [9.17, 15) is 19.5 Å². The second kappa shape index (κ2) is 11.2. The third-order valence-corrected chi connectivity index (χ3v) is 4.61. The summed E-state index contributed by atoms with van der Waals surface area (Å²) in [7, 11) is 0. The van der Waals surface area contributed by atoms with Gasteiger partial charge in [-0.3, -0.25) is 10.1 Å². The fraction of sp³-hybridized carbons (Fsp3) is 0.190. The molecule has 0 fully saturated rings. The molecule has 8 heteroatoms. The molecule has 1 atom stereocenters. The molecule has 0 heterocycles. The summed E-state index contributed by atoms with van der Waals surface area (Å²) >= 11 is 2.08. The molecule has 0 unspecified atom stereocenters. The number of nitrogens with one attached hydrogen (secondary N) is 1. The molecule has 29 heavy (non-hydrogen) atoms. The van der Waals surface area contributed by atoms with Crippen molar-refractivity contribution >= 4 is 40.6 Å². The van der Waals surface area contributed by atoms with Gasteiger partial charge in [0.25, 0.3) is 5.91 Å². The number of phenolic OH excluding ortho intramolecular Hbond substituents is 1. The van der Waals surface area contributed by atoms with Gasteiger partial charge in [0.2, 0.25) is 0 Å². The van der Waals surface area contributed by atoms with Crippen LogP contribution >= 0.6 is 22.6 Å². The van der Waals surface area contributed by atoms with Crippen LogP contribution < -0.4 is 5.32 Å². The number of carboxylic acids is 1. The highest BCUT2D eigenvalue weighted by Gasteiger charge is 2.21. The van der Waals surface area contributed by atoms with Crippen LogP contribution in [0.4, 0.5) is 4.79 Å². The van der Waals surface area contributed by atoms with Crippen molar-refractivity contribution in [1.29, 1.82) is 0 Å². The van der Waals surface area contributed by atoms with Gasteiger partial charge in [-0.05, 0) is 72.2 Å². The molecule has 3 N–H and O–H groups in total. The maximum Gasteiger partial charge on any atom is 0.414 e. The van der Waals surface area contributed by atoms with Crippen molar-refractivity contribution in [2.24, 2.45) is 0 Å². The van der Waals surface area contributed by atoms with Crippen molar-refractivity contribution in [3.8, 4) is 5.75 Å². The normalized spacial score (nSPS) is 11.8. The van der Waals surface area contributed by atoms with Gasteiger partial charge in [-0.2, -0.15) is 0 Å². The number of hydrogen-bond donors (Lipinski definition) is 3. The summed E-state index contributed by atoms with van der Waals surface area (Å²) in [4.78, 5) is 34.9. The summed E-state index contributed by atoms with van der Waals surface area (Å²) < 4.78 is 6.26. The van der Waals surface area contributed by atoms with E-state index in [1.807, 2.05) is 0 Å². The van der Waals surface area contributed by atoms with Crippen LogP contribution in [-0.4, -0.2) is 28.2 Å². The van der Waals surface area contributed by atoms with Crippen molar-refractivity contribution < 1.29 is 29.3 Å². The molecule has 2 rings (SSSR count). The van der Waals surface area contributed by atoms with Crippen LogP contribution in [-0.2, 0) is 9.53 Å². The summed E-state index contributed by atoms with van der Waals surface area (Å²) in [5.41, 5.74) is 0.735. The van der Waals surface area contributed by atoms with Gasteiger partial charge in [-0.25, -0.2) is 9.59 Å². The molecular weight excluding hydrogens is 489 g/mol. The molecule has 0 aliphatic carbocycles. The number of carbonyl (C=O) groups excluding carboxylic acids is 2. The number of alkyl carbamates (subject to hydrolysis) is 1. The molecule has 0 aliphatic rings. The Morgan fingerprint density at radius 3 is 2.55 bits per heavy atom. The Balaban J connectivity index is 2.07. The van der Waals surface area contributed by atoms with Crippen LogP contribution in [0.5, 0.6) is 5.75 Å². The van der Waals surface area contributed by atoms with E-state index in [4.69, 9.17) is 9.84 Å². The SMILES string of the molecule is O=C(O)/C=C/CCC[C@@H](OC(=O)NC(=O)c1ccccc1)c1cc(I)ccc1O. The first-order valence-corrected chi connectivity index (χ1v) is 9.89. The first-order chi connectivity index (χ1) is 13.9. The summed E-state index contributed by atoms with van der Waals surface area (Å²) in [5.74, 6) is -1.66. The Hall–Kier alpha value is -2.88. The minimum Gasteiger partial charge on any atom is -0.508 e. The van der Waals surface area contributed by atoms with E-state index in [0.29, 0.717) is 30.4 Å². The van der Waals surface area contributed by atoms with Gasteiger partial charge in [0.1, 0.15) is 11.9 Å². The minimum absolute atomic E-state index is 0.0290. The van der Waals surface area contributed by atoms with Gasteiger partial charge in [0.15, 0.2) is 0 Å². The molecule has 0 saturated heterocycles. The maximum absolute atomic E-state index is 12.3. The second-order valence-electron chi connectivity index (χ2n) is 6.09. The highest BCUT2D eigenvalue weighted by Crippen LogP contribution is 2.32. The fourth-order valence-corrected chi connectivity index (χ4v) is 3.09. The number of amides is 2. The zero-order valence-electron chi connectivity index (χ0n) is 15.4. The number of halogens is 1. The Morgan fingerprint density at radius 2 is 1.86 bits per heavy atom. The number of imide groups is 1. The standard InChI is InChI=1S/C21H20INO6/c22-15-11-12-17(24)16(13-15)18(9-5-2-6-10-19(25)26)29-21(28)23-20(27)14-7-3-1-4-8-14/h1,3-4,6-8,10-13,18,24H,2,5,9H2,(H,25,26)(H,23,27,28)/b10-6+/t18-/m1/s1. The Bertz CT molecular complexity index is 897. The number of unbranched alkanes of at least 4 members (excludes halogenated alkanes) is 1. The maximum atomic E-state index is 12.3. The van der Waals surface area contributed by atoms with Crippen LogP contribution in [0, 0.1) is 3.57 Å². The van der Waals surface area contributed by atoms with E-state index in [0.717, 1.165) is 9.65 Å². The molecule has 0 saturated carbocycles. The topological polar surface area (TPSA) is 113 Å². The summed E-state index contributed by atoms with van der Waals surface area (Å²) in [6.45, 7) is 0. The number of rotatable bonds is 8. The second-order valence-corrected chi connectivity index (χ2v) is 7.33. The van der Waals surface area contributed by atoms with Gasteiger partial charge < -0.3 is 14.9 Å². The third kappa shape index (κ3) is 7.57. The Morgan fingerprint density at radius 1 is 1.14 bits per heavy atom. The van der Waals surface area contributed by atoms with Crippen LogP contribution in [0.2, 0.25) is 0 Å². The Kier molecular flexibility index (Phi) is 8.66. The molecule has 0 radical (unpaired) electrons. The first kappa shape index (κ1) is 22.4. The van der Waals surface area contributed by atoms with Crippen LogP contribution in [0.3, 0.4) is 0 Å². The van der Waals surface area contributed by atoms with Gasteiger partial charge in [-0.15, -0.1) is 0 Å². The number of ether oxygens (including phenoxy) is 1. The fourth-order valence-electron chi connectivity index (χ4n) is 2.58. The highest BCUT2D eigenvalue weighted by atomic mass is 127. The predicted octanol–water partition coefficient (Wildman–Crippen LogP) is 4.42. The van der Waals surface area contributed by atoms with E-state index in [1.54, 1.807) is 42.5 Å². The van der Waals surface area contributed by atoms with Gasteiger partial charge in [-0.1, -0.05) is 24.3 Å². The smallest absolute Gasteiger partial charge is 0.414 e. The molecule has 2 aromatic carbocycles. The van der Waals surface area contributed by atoms with Crippen LogP contribution in [0.25, 0.3) is 0 Å². The number of carbonyl (C=O) groups is 3. The van der Waals surface area contributed by atoms with Gasteiger partial charge in [0, 0.05) is 20.8 Å². The Labute approximate surface area is 181 Å². The zero-order chi connectivity index (χ0) is 21.2. The van der Waals surface area contributed by atoms with Gasteiger partial charge in [0.05, 0.1) is 0 Å². The van der Waals surface area contributed by atoms with E-state index in [-0.39, 0.29) is 5.75 Å².